The Labute approximate surface area is 213 Å². The number of esters is 1. The molecule has 0 aromatic heterocycles. The predicted octanol–water partition coefficient (Wildman–Crippen LogP) is 7.65. The maximum atomic E-state index is 13.4. The van der Waals surface area contributed by atoms with Crippen LogP contribution in [-0.2, 0) is 9.53 Å². The van der Waals surface area contributed by atoms with Crippen molar-refractivity contribution in [3.63, 3.8) is 0 Å². The van der Waals surface area contributed by atoms with Gasteiger partial charge in [-0.1, -0.05) is 51.9 Å². The first kappa shape index (κ1) is 25.3. The first-order chi connectivity index (χ1) is 16.3. The third-order valence-corrected chi connectivity index (χ3v) is 13.6. The molecule has 4 heteroatoms. The highest BCUT2D eigenvalue weighted by molar-refractivity contribution is 5.90. The van der Waals surface area contributed by atoms with Crippen molar-refractivity contribution in [3.8, 4) is 0 Å². The molecule has 0 heterocycles. The Morgan fingerprint density at radius 3 is 2.29 bits per heavy atom. The molecule has 0 spiro atoms. The molecule has 196 valence electrons. The zero-order chi connectivity index (χ0) is 25.6. The molecule has 9 atom stereocenters. The van der Waals surface area contributed by atoms with Gasteiger partial charge in [0.15, 0.2) is 0 Å². The molecule has 0 aromatic rings. The Morgan fingerprint density at radius 1 is 0.943 bits per heavy atom. The summed E-state index contributed by atoms with van der Waals surface area (Å²) in [6.45, 7) is 19.1. The summed E-state index contributed by atoms with van der Waals surface area (Å²) in [6.07, 6.45) is 11.1. The fourth-order valence-electron chi connectivity index (χ4n) is 11.7. The van der Waals surface area contributed by atoms with Gasteiger partial charge in [0.05, 0.1) is 18.2 Å². The lowest BCUT2D eigenvalue weighted by molar-refractivity contribution is -0.230. The number of fused-ring (bicyclic) bond motifs is 7. The fourth-order valence-corrected chi connectivity index (χ4v) is 11.7. The van der Waals surface area contributed by atoms with Crippen molar-refractivity contribution < 1.29 is 14.7 Å². The summed E-state index contributed by atoms with van der Waals surface area (Å²) < 4.78 is 5.50. The van der Waals surface area contributed by atoms with Gasteiger partial charge in [-0.2, -0.15) is 0 Å². The van der Waals surface area contributed by atoms with Crippen LogP contribution < -0.4 is 0 Å². The molecule has 5 fully saturated rings. The van der Waals surface area contributed by atoms with Crippen molar-refractivity contribution in [1.82, 2.24) is 0 Å². The fraction of sp³-hybridized carbons (Fsp3) is 0.871. The minimum absolute atomic E-state index is 0.0427. The average Bonchev–Trinajstić information content (AvgIpc) is 3.20. The lowest BCUT2D eigenvalue weighted by Crippen LogP contribution is -2.66. The van der Waals surface area contributed by atoms with E-state index in [1.54, 1.807) is 7.11 Å². The Hall–Kier alpha value is -1.32. The van der Waals surface area contributed by atoms with Gasteiger partial charge in [0, 0.05) is 5.41 Å². The summed E-state index contributed by atoms with van der Waals surface area (Å²) in [5.41, 5.74) is 2.64. The van der Waals surface area contributed by atoms with Crippen LogP contribution in [-0.4, -0.2) is 24.0 Å². The van der Waals surface area contributed by atoms with E-state index in [-0.39, 0.29) is 33.0 Å². The molecule has 0 aliphatic heterocycles. The van der Waals surface area contributed by atoms with E-state index >= 15 is 0 Å². The van der Waals surface area contributed by atoms with Gasteiger partial charge >= 0.3 is 5.97 Å². The minimum atomic E-state index is -0.313. The Morgan fingerprint density at radius 2 is 1.66 bits per heavy atom. The van der Waals surface area contributed by atoms with E-state index in [0.717, 1.165) is 44.2 Å². The zero-order valence-electron chi connectivity index (χ0n) is 23.4. The molecule has 9 unspecified atom stereocenters. The van der Waals surface area contributed by atoms with Crippen LogP contribution >= 0.6 is 0 Å². The van der Waals surface area contributed by atoms with Gasteiger partial charge in [-0.05, 0) is 117 Å². The van der Waals surface area contributed by atoms with Crippen LogP contribution in [0.3, 0.4) is 0 Å². The number of allylic oxidation sites excluding steroid dienone is 1. The Balaban J connectivity index is 1.56. The van der Waals surface area contributed by atoms with E-state index in [4.69, 9.17) is 4.74 Å². The number of oxime groups is 1. The van der Waals surface area contributed by atoms with Crippen molar-refractivity contribution in [1.29, 1.82) is 0 Å². The van der Waals surface area contributed by atoms with Crippen molar-refractivity contribution in [2.45, 2.75) is 106 Å². The molecule has 0 saturated heterocycles. The SMILES string of the molecule is C=C(C)C1CCC2(C(=O)OC)CCC3(C)C(CCC4C5(C)CCC(=NO)C(C)(C)C5CCC43C)C12. The summed E-state index contributed by atoms with van der Waals surface area (Å²) in [5, 5.41) is 13.5. The molecule has 0 aromatic carbocycles. The normalized spacial score (nSPS) is 51.5. The predicted molar refractivity (Wildman–Crippen MR) is 140 cm³/mol. The van der Waals surface area contributed by atoms with Gasteiger partial charge in [0.2, 0.25) is 0 Å². The molecule has 35 heavy (non-hydrogen) atoms. The van der Waals surface area contributed by atoms with Crippen LogP contribution in [0.5, 0.6) is 0 Å². The third-order valence-electron chi connectivity index (χ3n) is 13.6. The Kier molecular flexibility index (Phi) is 5.67. The van der Waals surface area contributed by atoms with Gasteiger partial charge in [-0.25, -0.2) is 0 Å². The average molecular weight is 484 g/mol. The first-order valence-electron chi connectivity index (χ1n) is 14.3. The van der Waals surface area contributed by atoms with Crippen molar-refractivity contribution >= 4 is 11.7 Å². The number of methoxy groups -OCH3 is 1. The van der Waals surface area contributed by atoms with Gasteiger partial charge in [-0.15, -0.1) is 0 Å². The molecule has 5 saturated carbocycles. The molecule has 0 amide bonds. The van der Waals surface area contributed by atoms with E-state index in [9.17, 15) is 10.0 Å². The molecule has 5 aliphatic rings. The van der Waals surface area contributed by atoms with E-state index in [0.29, 0.717) is 29.6 Å². The maximum absolute atomic E-state index is 13.4. The molecular weight excluding hydrogens is 434 g/mol. The summed E-state index contributed by atoms with van der Waals surface area (Å²) in [5.74, 6) is 2.62. The zero-order valence-corrected chi connectivity index (χ0v) is 23.4. The summed E-state index contributed by atoms with van der Waals surface area (Å²) in [6, 6.07) is 0. The third kappa shape index (κ3) is 2.98. The molecule has 1 N–H and O–H groups in total. The highest BCUT2D eigenvalue weighted by Gasteiger charge is 2.72. The van der Waals surface area contributed by atoms with Crippen LogP contribution in [0.1, 0.15) is 106 Å². The quantitative estimate of drug-likeness (QED) is 0.190. The monoisotopic (exact) mass is 483 g/mol. The number of rotatable bonds is 2. The smallest absolute Gasteiger partial charge is 0.312 e. The standard InChI is InChI=1S/C31H49NO3/c1-19(2)20-11-16-31(26(33)35-8)18-17-29(6)21(25(20)31)9-10-23-28(5)14-13-24(32-34)27(3,4)22(28)12-15-30(23,29)7/h20-23,25,34H,1,9-18H2,2-8H3. The minimum Gasteiger partial charge on any atom is -0.469 e. The molecule has 0 bridgehead atoms. The van der Waals surface area contributed by atoms with Gasteiger partial charge in [0.25, 0.3) is 0 Å². The first-order valence-corrected chi connectivity index (χ1v) is 14.3. The van der Waals surface area contributed by atoms with Crippen molar-refractivity contribution in [2.75, 3.05) is 7.11 Å². The lowest BCUT2D eigenvalue weighted by atomic mass is 9.32. The van der Waals surface area contributed by atoms with Crippen LogP contribution in [0.15, 0.2) is 17.3 Å². The number of ether oxygens (including phenoxy) is 1. The summed E-state index contributed by atoms with van der Waals surface area (Å²) >= 11 is 0. The molecule has 5 rings (SSSR count). The summed E-state index contributed by atoms with van der Waals surface area (Å²) in [4.78, 5) is 13.4. The van der Waals surface area contributed by atoms with Crippen molar-refractivity contribution in [3.05, 3.63) is 12.2 Å². The number of carbonyl (C=O) groups excluding carboxylic acids is 1. The number of nitrogens with zero attached hydrogens (tertiary/aromatic N) is 1. The van der Waals surface area contributed by atoms with E-state index < -0.39 is 0 Å². The summed E-state index contributed by atoms with van der Waals surface area (Å²) in [7, 11) is 1.59. The topological polar surface area (TPSA) is 58.9 Å². The van der Waals surface area contributed by atoms with Gasteiger partial charge in [0.1, 0.15) is 0 Å². The van der Waals surface area contributed by atoms with E-state index in [1.165, 1.54) is 31.3 Å². The number of carbonyl (C=O) groups is 1. The van der Waals surface area contributed by atoms with Crippen LogP contribution in [0.25, 0.3) is 0 Å². The number of hydrogen-bond acceptors (Lipinski definition) is 4. The van der Waals surface area contributed by atoms with Crippen LogP contribution in [0.4, 0.5) is 0 Å². The van der Waals surface area contributed by atoms with Crippen LogP contribution in [0, 0.1) is 56.7 Å². The largest absolute Gasteiger partial charge is 0.469 e. The van der Waals surface area contributed by atoms with Crippen molar-refractivity contribution in [2.24, 2.45) is 61.8 Å². The second kappa shape index (κ2) is 7.84. The highest BCUT2D eigenvalue weighted by Crippen LogP contribution is 2.77. The second-order valence-electron chi connectivity index (χ2n) is 14.6. The number of hydrogen-bond donors (Lipinski definition) is 1. The molecular formula is C31H49NO3. The van der Waals surface area contributed by atoms with Gasteiger partial charge in [-0.3, -0.25) is 4.79 Å². The maximum Gasteiger partial charge on any atom is 0.312 e. The molecule has 0 radical (unpaired) electrons. The second-order valence-corrected chi connectivity index (χ2v) is 14.6. The molecule has 5 aliphatic carbocycles. The van der Waals surface area contributed by atoms with E-state index in [2.05, 4.69) is 53.3 Å². The van der Waals surface area contributed by atoms with Crippen LogP contribution in [0.2, 0.25) is 0 Å². The van der Waals surface area contributed by atoms with E-state index in [1.807, 2.05) is 0 Å². The lowest BCUT2D eigenvalue weighted by Gasteiger charge is -2.72. The van der Waals surface area contributed by atoms with Gasteiger partial charge < -0.3 is 9.94 Å². The Bertz CT molecular complexity index is 953. The molecule has 4 nitrogen and oxygen atoms in total. The highest BCUT2D eigenvalue weighted by atomic mass is 16.5.